The Labute approximate surface area is 112 Å². The first-order valence-electron chi connectivity index (χ1n) is 6.28. The summed E-state index contributed by atoms with van der Waals surface area (Å²) in [5.74, 6) is 0. The molecule has 96 valence electrons. The second-order valence-corrected chi connectivity index (χ2v) is 5.31. The minimum atomic E-state index is 0.213. The van der Waals surface area contributed by atoms with Crippen LogP contribution >= 0.6 is 11.3 Å². The van der Waals surface area contributed by atoms with Crippen molar-refractivity contribution in [2.75, 3.05) is 6.54 Å². The van der Waals surface area contributed by atoms with Gasteiger partial charge in [0.05, 0.1) is 17.2 Å². The monoisotopic (exact) mass is 261 g/mol. The maximum absolute atomic E-state index is 4.39. The van der Waals surface area contributed by atoms with E-state index in [9.17, 15) is 0 Å². The van der Waals surface area contributed by atoms with Crippen LogP contribution in [0.2, 0.25) is 0 Å². The van der Waals surface area contributed by atoms with Crippen LogP contribution in [-0.4, -0.2) is 16.5 Å². The van der Waals surface area contributed by atoms with Crippen molar-refractivity contribution in [2.24, 2.45) is 0 Å². The molecule has 0 aromatic carbocycles. The van der Waals surface area contributed by atoms with E-state index in [1.54, 1.807) is 11.3 Å². The summed E-state index contributed by atoms with van der Waals surface area (Å²) in [4.78, 5) is 10.0. The molecule has 3 nitrogen and oxygen atoms in total. The van der Waals surface area contributed by atoms with Crippen LogP contribution < -0.4 is 5.32 Å². The number of nitrogens with one attached hydrogen (secondary N) is 1. The van der Waals surface area contributed by atoms with E-state index in [2.05, 4.69) is 41.3 Å². The average molecular weight is 261 g/mol. The van der Waals surface area contributed by atoms with Crippen molar-refractivity contribution in [3.05, 3.63) is 45.7 Å². The van der Waals surface area contributed by atoms with Gasteiger partial charge in [0.15, 0.2) is 0 Å². The molecule has 0 aliphatic carbocycles. The number of hydrogen-bond acceptors (Lipinski definition) is 4. The molecule has 2 aromatic rings. The number of rotatable bonds is 5. The van der Waals surface area contributed by atoms with Crippen molar-refractivity contribution in [1.29, 1.82) is 0 Å². The Morgan fingerprint density at radius 2 is 2.11 bits per heavy atom. The molecule has 2 aromatic heterocycles. The molecule has 0 aliphatic heterocycles. The summed E-state index contributed by atoms with van der Waals surface area (Å²) in [6.45, 7) is 7.25. The molecular formula is C14H19N3S. The van der Waals surface area contributed by atoms with Crippen molar-refractivity contribution in [3.63, 3.8) is 0 Å². The molecule has 1 unspecified atom stereocenters. The molecule has 2 rings (SSSR count). The van der Waals surface area contributed by atoms with Gasteiger partial charge in [0.25, 0.3) is 0 Å². The fourth-order valence-corrected chi connectivity index (χ4v) is 2.79. The summed E-state index contributed by atoms with van der Waals surface area (Å²) in [7, 11) is 0. The lowest BCUT2D eigenvalue weighted by Crippen LogP contribution is -2.23. The Balaban J connectivity index is 2.30. The van der Waals surface area contributed by atoms with Gasteiger partial charge in [0.2, 0.25) is 0 Å². The Bertz CT molecular complexity index is 490. The molecule has 0 saturated heterocycles. The summed E-state index contributed by atoms with van der Waals surface area (Å²) < 4.78 is 0. The van der Waals surface area contributed by atoms with Crippen LogP contribution in [0.15, 0.2) is 23.8 Å². The molecule has 1 atom stereocenters. The molecule has 0 saturated carbocycles. The third kappa shape index (κ3) is 2.94. The first-order chi connectivity index (χ1) is 8.72. The lowest BCUT2D eigenvalue weighted by atomic mass is 10.1. The molecule has 0 bridgehead atoms. The van der Waals surface area contributed by atoms with E-state index >= 15 is 0 Å². The number of aromatic nitrogens is 2. The van der Waals surface area contributed by atoms with Gasteiger partial charge in [-0.1, -0.05) is 13.0 Å². The van der Waals surface area contributed by atoms with E-state index in [0.29, 0.717) is 0 Å². The molecule has 0 radical (unpaired) electrons. The highest BCUT2D eigenvalue weighted by atomic mass is 32.1. The second kappa shape index (κ2) is 6.07. The Kier molecular flexibility index (Phi) is 4.44. The van der Waals surface area contributed by atoms with E-state index in [1.165, 1.54) is 10.4 Å². The van der Waals surface area contributed by atoms with Gasteiger partial charge >= 0.3 is 0 Å². The van der Waals surface area contributed by atoms with E-state index in [4.69, 9.17) is 0 Å². The van der Waals surface area contributed by atoms with Crippen LogP contribution in [0.3, 0.4) is 0 Å². The Morgan fingerprint density at radius 3 is 2.67 bits per heavy atom. The first kappa shape index (κ1) is 13.2. The zero-order valence-corrected chi connectivity index (χ0v) is 11.9. The zero-order chi connectivity index (χ0) is 13.0. The Hall–Kier alpha value is -1.26. The second-order valence-electron chi connectivity index (χ2n) is 4.42. The topological polar surface area (TPSA) is 37.8 Å². The van der Waals surface area contributed by atoms with Gasteiger partial charge in [-0.15, -0.1) is 11.3 Å². The van der Waals surface area contributed by atoms with Crippen LogP contribution in [0, 0.1) is 13.8 Å². The maximum Gasteiger partial charge on any atom is 0.0798 e. The minimum Gasteiger partial charge on any atom is -0.305 e. The first-order valence-corrected chi connectivity index (χ1v) is 7.16. The van der Waals surface area contributed by atoms with Gasteiger partial charge < -0.3 is 5.32 Å². The van der Waals surface area contributed by atoms with Crippen LogP contribution in [0.5, 0.6) is 0 Å². The number of nitrogens with zero attached hydrogens (tertiary/aromatic N) is 2. The highest BCUT2D eigenvalue weighted by molar-refractivity contribution is 7.09. The fraction of sp³-hybridized carbons (Fsp3) is 0.429. The van der Waals surface area contributed by atoms with Crippen LogP contribution in [-0.2, 0) is 0 Å². The minimum absolute atomic E-state index is 0.213. The summed E-state index contributed by atoms with van der Waals surface area (Å²) in [5, 5.41) is 3.58. The van der Waals surface area contributed by atoms with Crippen LogP contribution in [0.1, 0.15) is 41.2 Å². The van der Waals surface area contributed by atoms with E-state index < -0.39 is 0 Å². The van der Waals surface area contributed by atoms with Crippen molar-refractivity contribution in [2.45, 2.75) is 33.2 Å². The third-order valence-corrected chi connectivity index (χ3v) is 3.91. The molecule has 1 N–H and O–H groups in total. The van der Waals surface area contributed by atoms with Crippen molar-refractivity contribution < 1.29 is 0 Å². The van der Waals surface area contributed by atoms with Crippen molar-refractivity contribution in [3.8, 4) is 0 Å². The standard InChI is InChI=1S/C14H19N3S/c1-4-7-15-13(14-11(3)17-9-18-14)12-6-5-10(2)16-8-12/h5-6,8-9,13,15H,4,7H2,1-3H3. The fourth-order valence-electron chi connectivity index (χ4n) is 1.89. The molecule has 2 heterocycles. The van der Waals surface area contributed by atoms with E-state index in [1.807, 2.05) is 18.6 Å². The number of pyridine rings is 1. The van der Waals surface area contributed by atoms with Crippen molar-refractivity contribution >= 4 is 11.3 Å². The Morgan fingerprint density at radius 1 is 1.28 bits per heavy atom. The van der Waals surface area contributed by atoms with Gasteiger partial charge in [-0.2, -0.15) is 0 Å². The van der Waals surface area contributed by atoms with Crippen LogP contribution in [0.4, 0.5) is 0 Å². The third-order valence-electron chi connectivity index (χ3n) is 2.91. The van der Waals surface area contributed by atoms with Gasteiger partial charge in [-0.25, -0.2) is 4.98 Å². The highest BCUT2D eigenvalue weighted by Crippen LogP contribution is 2.27. The summed E-state index contributed by atoms with van der Waals surface area (Å²) in [6.07, 6.45) is 3.08. The summed E-state index contributed by atoms with van der Waals surface area (Å²) in [5.41, 5.74) is 5.28. The van der Waals surface area contributed by atoms with Gasteiger partial charge in [-0.05, 0) is 38.4 Å². The molecular weight excluding hydrogens is 242 g/mol. The molecule has 4 heteroatoms. The largest absolute Gasteiger partial charge is 0.305 e. The summed E-state index contributed by atoms with van der Waals surface area (Å²) >= 11 is 1.71. The van der Waals surface area contributed by atoms with Crippen molar-refractivity contribution in [1.82, 2.24) is 15.3 Å². The highest BCUT2D eigenvalue weighted by Gasteiger charge is 2.17. The molecule has 18 heavy (non-hydrogen) atoms. The van der Waals surface area contributed by atoms with Gasteiger partial charge in [-0.3, -0.25) is 4.98 Å². The molecule has 0 spiro atoms. The summed E-state index contributed by atoms with van der Waals surface area (Å²) in [6, 6.07) is 4.42. The zero-order valence-electron chi connectivity index (χ0n) is 11.1. The predicted molar refractivity (Wildman–Crippen MR) is 76.0 cm³/mol. The normalized spacial score (nSPS) is 12.6. The molecule has 0 aliphatic rings. The number of aryl methyl sites for hydroxylation is 2. The lowest BCUT2D eigenvalue weighted by molar-refractivity contribution is 0.601. The van der Waals surface area contributed by atoms with Gasteiger partial charge in [0.1, 0.15) is 0 Å². The smallest absolute Gasteiger partial charge is 0.0798 e. The van der Waals surface area contributed by atoms with Gasteiger partial charge in [0, 0.05) is 16.8 Å². The lowest BCUT2D eigenvalue weighted by Gasteiger charge is -2.18. The van der Waals surface area contributed by atoms with E-state index in [-0.39, 0.29) is 6.04 Å². The molecule has 0 fully saturated rings. The number of thiazole rings is 1. The molecule has 0 amide bonds. The predicted octanol–water partition coefficient (Wildman–Crippen LogP) is 3.24. The average Bonchev–Trinajstić information content (AvgIpc) is 2.78. The maximum atomic E-state index is 4.39. The van der Waals surface area contributed by atoms with Crippen LogP contribution in [0.25, 0.3) is 0 Å². The number of hydrogen-bond donors (Lipinski definition) is 1. The quantitative estimate of drug-likeness (QED) is 0.898. The van der Waals surface area contributed by atoms with E-state index in [0.717, 1.165) is 24.4 Å². The SMILES string of the molecule is CCCNC(c1ccc(C)nc1)c1scnc1C.